The summed E-state index contributed by atoms with van der Waals surface area (Å²) >= 11 is 0. The maximum absolute atomic E-state index is 12.9. The zero-order chi connectivity index (χ0) is 17.8. The standard InChI is InChI=1S/C20H27N3O2/c1-15(2)16-7-6-13-22(14-12-16)20(25)18-10-11-19(24)23(21-18)17-8-4-3-5-9-17/h3-5,8-9,15-16H,6-7,10-14H2,1-2H3. The number of rotatable bonds is 3. The monoisotopic (exact) mass is 341 g/mol. The Morgan fingerprint density at radius 3 is 2.60 bits per heavy atom. The van der Waals surface area contributed by atoms with Gasteiger partial charge in [-0.3, -0.25) is 9.59 Å². The molecule has 1 saturated heterocycles. The molecule has 2 amide bonds. The van der Waals surface area contributed by atoms with Gasteiger partial charge in [0.05, 0.1) is 5.69 Å². The number of hydrogen-bond donors (Lipinski definition) is 0. The van der Waals surface area contributed by atoms with Crippen LogP contribution in [0.5, 0.6) is 0 Å². The summed E-state index contributed by atoms with van der Waals surface area (Å²) in [4.78, 5) is 27.1. The summed E-state index contributed by atoms with van der Waals surface area (Å²) in [6, 6.07) is 9.32. The third-order valence-corrected chi connectivity index (χ3v) is 5.28. The Morgan fingerprint density at radius 1 is 1.12 bits per heavy atom. The number of carbonyl (C=O) groups is 2. The van der Waals surface area contributed by atoms with E-state index in [0.717, 1.165) is 25.9 Å². The Labute approximate surface area is 149 Å². The van der Waals surface area contributed by atoms with Gasteiger partial charge in [-0.2, -0.15) is 5.10 Å². The number of hydrogen-bond acceptors (Lipinski definition) is 3. The molecule has 1 unspecified atom stereocenters. The molecule has 5 heteroatoms. The number of amides is 2. The molecule has 0 radical (unpaired) electrons. The predicted octanol–water partition coefficient (Wildman–Crippen LogP) is 3.45. The number of para-hydroxylation sites is 1. The molecule has 2 heterocycles. The first-order valence-corrected chi connectivity index (χ1v) is 9.31. The van der Waals surface area contributed by atoms with Crippen LogP contribution in [0.4, 0.5) is 5.69 Å². The highest BCUT2D eigenvalue weighted by molar-refractivity contribution is 6.40. The number of benzene rings is 1. The first-order chi connectivity index (χ1) is 12.1. The van der Waals surface area contributed by atoms with Crippen LogP contribution in [0.15, 0.2) is 35.4 Å². The van der Waals surface area contributed by atoms with Gasteiger partial charge in [0.1, 0.15) is 5.71 Å². The maximum atomic E-state index is 12.9. The van der Waals surface area contributed by atoms with Crippen molar-refractivity contribution in [2.75, 3.05) is 18.1 Å². The van der Waals surface area contributed by atoms with Crippen molar-refractivity contribution in [2.24, 2.45) is 16.9 Å². The van der Waals surface area contributed by atoms with E-state index in [9.17, 15) is 9.59 Å². The van der Waals surface area contributed by atoms with Gasteiger partial charge in [0.15, 0.2) is 0 Å². The fraction of sp³-hybridized carbons (Fsp3) is 0.550. The van der Waals surface area contributed by atoms with Crippen molar-refractivity contribution in [1.29, 1.82) is 0 Å². The van der Waals surface area contributed by atoms with Gasteiger partial charge in [-0.1, -0.05) is 32.0 Å². The zero-order valence-corrected chi connectivity index (χ0v) is 15.1. The second-order valence-corrected chi connectivity index (χ2v) is 7.31. The largest absolute Gasteiger partial charge is 0.338 e. The van der Waals surface area contributed by atoms with E-state index in [2.05, 4.69) is 18.9 Å². The molecule has 2 aliphatic rings. The van der Waals surface area contributed by atoms with E-state index in [1.54, 1.807) is 0 Å². The van der Waals surface area contributed by atoms with Crippen molar-refractivity contribution in [1.82, 2.24) is 4.90 Å². The van der Waals surface area contributed by atoms with Gasteiger partial charge in [-0.05, 0) is 43.2 Å². The van der Waals surface area contributed by atoms with Gasteiger partial charge in [0.25, 0.3) is 5.91 Å². The van der Waals surface area contributed by atoms with Crippen molar-refractivity contribution >= 4 is 23.2 Å². The number of carbonyl (C=O) groups excluding carboxylic acids is 2. The van der Waals surface area contributed by atoms with E-state index in [0.29, 0.717) is 36.1 Å². The molecule has 0 saturated carbocycles. The molecular formula is C20H27N3O2. The Hall–Kier alpha value is -2.17. The van der Waals surface area contributed by atoms with E-state index in [4.69, 9.17) is 0 Å². The van der Waals surface area contributed by atoms with Crippen LogP contribution in [0.25, 0.3) is 0 Å². The van der Waals surface area contributed by atoms with E-state index >= 15 is 0 Å². The lowest BCUT2D eigenvalue weighted by Gasteiger charge is -2.27. The molecule has 1 fully saturated rings. The third kappa shape index (κ3) is 4.09. The van der Waals surface area contributed by atoms with E-state index < -0.39 is 0 Å². The summed E-state index contributed by atoms with van der Waals surface area (Å²) in [5.74, 6) is 1.29. The molecule has 3 rings (SSSR count). The van der Waals surface area contributed by atoms with Gasteiger partial charge < -0.3 is 4.90 Å². The number of hydrazone groups is 1. The van der Waals surface area contributed by atoms with E-state index in [1.807, 2.05) is 35.2 Å². The van der Waals surface area contributed by atoms with Crippen LogP contribution < -0.4 is 5.01 Å². The van der Waals surface area contributed by atoms with Crippen LogP contribution in [-0.4, -0.2) is 35.5 Å². The summed E-state index contributed by atoms with van der Waals surface area (Å²) < 4.78 is 0. The van der Waals surface area contributed by atoms with Crippen LogP contribution in [0.2, 0.25) is 0 Å². The molecule has 25 heavy (non-hydrogen) atoms. The highest BCUT2D eigenvalue weighted by Gasteiger charge is 2.29. The number of anilines is 1. The number of likely N-dealkylation sites (tertiary alicyclic amines) is 1. The van der Waals surface area contributed by atoms with Gasteiger partial charge in [-0.15, -0.1) is 0 Å². The minimum absolute atomic E-state index is 0.00200. The molecule has 5 nitrogen and oxygen atoms in total. The summed E-state index contributed by atoms with van der Waals surface area (Å²) in [6.45, 7) is 6.10. The van der Waals surface area contributed by atoms with Crippen molar-refractivity contribution in [3.8, 4) is 0 Å². The van der Waals surface area contributed by atoms with Crippen molar-refractivity contribution in [3.63, 3.8) is 0 Å². The van der Waals surface area contributed by atoms with Crippen molar-refractivity contribution in [3.05, 3.63) is 30.3 Å². The molecule has 0 bridgehead atoms. The van der Waals surface area contributed by atoms with Crippen molar-refractivity contribution < 1.29 is 9.59 Å². The summed E-state index contributed by atoms with van der Waals surface area (Å²) in [5.41, 5.74) is 1.22. The van der Waals surface area contributed by atoms with Crippen LogP contribution in [-0.2, 0) is 9.59 Å². The third-order valence-electron chi connectivity index (χ3n) is 5.28. The lowest BCUT2D eigenvalue weighted by atomic mass is 9.89. The fourth-order valence-corrected chi connectivity index (χ4v) is 3.65. The molecule has 0 spiro atoms. The van der Waals surface area contributed by atoms with Gasteiger partial charge in [0, 0.05) is 25.9 Å². The molecule has 1 atom stereocenters. The topological polar surface area (TPSA) is 53.0 Å². The average molecular weight is 341 g/mol. The van der Waals surface area contributed by atoms with Gasteiger partial charge in [-0.25, -0.2) is 5.01 Å². The van der Waals surface area contributed by atoms with Crippen LogP contribution in [0, 0.1) is 11.8 Å². The molecule has 134 valence electrons. The SMILES string of the molecule is CC(C)C1CCCN(C(=O)C2=NN(c3ccccc3)C(=O)CC2)CC1. The van der Waals surface area contributed by atoms with Gasteiger partial charge >= 0.3 is 0 Å². The molecule has 0 N–H and O–H groups in total. The van der Waals surface area contributed by atoms with E-state index in [-0.39, 0.29) is 11.8 Å². The lowest BCUT2D eigenvalue weighted by Crippen LogP contribution is -2.42. The fourth-order valence-electron chi connectivity index (χ4n) is 3.65. The Bertz CT molecular complexity index is 654. The molecule has 0 aliphatic carbocycles. The Balaban J connectivity index is 1.74. The Morgan fingerprint density at radius 2 is 1.88 bits per heavy atom. The second kappa shape index (κ2) is 7.81. The minimum atomic E-state index is -0.0570. The van der Waals surface area contributed by atoms with Crippen molar-refractivity contribution in [2.45, 2.75) is 46.0 Å². The molecular weight excluding hydrogens is 314 g/mol. The second-order valence-electron chi connectivity index (χ2n) is 7.31. The lowest BCUT2D eigenvalue weighted by molar-refractivity contribution is -0.124. The van der Waals surface area contributed by atoms with Crippen LogP contribution in [0.3, 0.4) is 0 Å². The molecule has 2 aliphatic heterocycles. The van der Waals surface area contributed by atoms with Gasteiger partial charge in [0.2, 0.25) is 5.91 Å². The minimum Gasteiger partial charge on any atom is -0.338 e. The quantitative estimate of drug-likeness (QED) is 0.845. The molecule has 0 aromatic heterocycles. The average Bonchev–Trinajstić information content (AvgIpc) is 2.88. The smallest absolute Gasteiger partial charge is 0.270 e. The van der Waals surface area contributed by atoms with Crippen LogP contribution >= 0.6 is 0 Å². The normalized spacial score (nSPS) is 22.0. The molecule has 1 aromatic carbocycles. The highest BCUT2D eigenvalue weighted by atomic mass is 16.2. The molecule has 1 aromatic rings. The first kappa shape index (κ1) is 17.6. The summed E-state index contributed by atoms with van der Waals surface area (Å²) in [5, 5.41) is 5.78. The maximum Gasteiger partial charge on any atom is 0.270 e. The predicted molar refractivity (Wildman–Crippen MR) is 99.4 cm³/mol. The highest BCUT2D eigenvalue weighted by Crippen LogP contribution is 2.25. The zero-order valence-electron chi connectivity index (χ0n) is 15.1. The van der Waals surface area contributed by atoms with Crippen LogP contribution in [0.1, 0.15) is 46.0 Å². The van der Waals surface area contributed by atoms with E-state index in [1.165, 1.54) is 11.4 Å². The summed E-state index contributed by atoms with van der Waals surface area (Å²) in [6.07, 6.45) is 4.05. The summed E-state index contributed by atoms with van der Waals surface area (Å²) in [7, 11) is 0. The Kier molecular flexibility index (Phi) is 5.51. The first-order valence-electron chi connectivity index (χ1n) is 9.31. The number of nitrogens with zero attached hydrogens (tertiary/aromatic N) is 3.